The maximum absolute atomic E-state index is 4.53. The van der Waals surface area contributed by atoms with Crippen LogP contribution in [0.15, 0.2) is 56.5 Å². The van der Waals surface area contributed by atoms with Crippen molar-refractivity contribution < 1.29 is 0 Å². The van der Waals surface area contributed by atoms with E-state index in [4.69, 9.17) is 0 Å². The summed E-state index contributed by atoms with van der Waals surface area (Å²) >= 11 is 6.90. The van der Waals surface area contributed by atoms with Crippen LogP contribution in [0.1, 0.15) is 5.56 Å². The Morgan fingerprint density at radius 2 is 1.80 bits per heavy atom. The van der Waals surface area contributed by atoms with Crippen molar-refractivity contribution in [1.29, 1.82) is 0 Å². The Labute approximate surface area is 160 Å². The molecule has 4 rings (SSSR count). The fourth-order valence-corrected chi connectivity index (χ4v) is 3.22. The van der Waals surface area contributed by atoms with Crippen LogP contribution in [0.4, 0.5) is 5.95 Å². The van der Waals surface area contributed by atoms with Gasteiger partial charge in [-0.3, -0.25) is 0 Å². The van der Waals surface area contributed by atoms with Gasteiger partial charge in [-0.15, -0.1) is 10.2 Å². The molecule has 0 radical (unpaired) electrons. The zero-order chi connectivity index (χ0) is 17.4. The number of halogens is 2. The van der Waals surface area contributed by atoms with Crippen LogP contribution < -0.4 is 5.43 Å². The maximum atomic E-state index is 4.53. The largest absolute Gasteiger partial charge is 0.327 e. The predicted octanol–water partition coefficient (Wildman–Crippen LogP) is 4.49. The van der Waals surface area contributed by atoms with Gasteiger partial charge in [0.05, 0.1) is 11.7 Å². The number of aromatic nitrogens is 4. The van der Waals surface area contributed by atoms with Gasteiger partial charge in [-0.2, -0.15) is 10.1 Å². The third kappa shape index (κ3) is 3.14. The first-order chi connectivity index (χ1) is 12.1. The smallest absolute Gasteiger partial charge is 0.265 e. The number of hydrogen-bond donors (Lipinski definition) is 1. The Hall–Kier alpha value is -2.32. The summed E-state index contributed by atoms with van der Waals surface area (Å²) in [5.74, 6) is 0.353. The molecule has 0 fully saturated rings. The van der Waals surface area contributed by atoms with Crippen LogP contribution in [0, 0.1) is 0 Å². The Bertz CT molecular complexity index is 1100. The molecular formula is C17H12Br2N6. The van der Waals surface area contributed by atoms with E-state index in [1.165, 1.54) is 0 Å². The highest BCUT2D eigenvalue weighted by Gasteiger charge is 2.12. The highest BCUT2D eigenvalue weighted by molar-refractivity contribution is 9.10. The molecule has 25 heavy (non-hydrogen) atoms. The molecule has 0 aliphatic heterocycles. The first-order valence-corrected chi connectivity index (χ1v) is 9.03. The number of fused-ring (bicyclic) bond motifs is 3. The Kier molecular flexibility index (Phi) is 4.22. The molecule has 0 aliphatic rings. The normalized spacial score (nSPS) is 11.6. The molecule has 0 aliphatic carbocycles. The lowest BCUT2D eigenvalue weighted by molar-refractivity contribution is 0.949. The van der Waals surface area contributed by atoms with E-state index in [0.717, 1.165) is 36.6 Å². The van der Waals surface area contributed by atoms with Crippen LogP contribution in [0.25, 0.3) is 22.1 Å². The monoisotopic (exact) mass is 458 g/mol. The lowest BCUT2D eigenvalue weighted by Gasteiger charge is -1.99. The lowest BCUT2D eigenvalue weighted by atomic mass is 10.2. The van der Waals surface area contributed by atoms with Crippen molar-refractivity contribution in [1.82, 2.24) is 19.7 Å². The lowest BCUT2D eigenvalue weighted by Crippen LogP contribution is -2.00. The van der Waals surface area contributed by atoms with Crippen LogP contribution >= 0.6 is 31.9 Å². The van der Waals surface area contributed by atoms with Crippen LogP contribution in [-0.2, 0) is 7.05 Å². The second-order valence-electron chi connectivity index (χ2n) is 5.45. The molecule has 0 amide bonds. The van der Waals surface area contributed by atoms with Gasteiger partial charge in [0.25, 0.3) is 5.95 Å². The Balaban J connectivity index is 1.66. The molecule has 0 unspecified atom stereocenters. The summed E-state index contributed by atoms with van der Waals surface area (Å²) in [5.41, 5.74) is 6.38. The van der Waals surface area contributed by atoms with E-state index in [1.807, 2.05) is 54.1 Å². The number of anilines is 1. The van der Waals surface area contributed by atoms with Crippen LogP contribution in [0.3, 0.4) is 0 Å². The van der Waals surface area contributed by atoms with E-state index in [9.17, 15) is 0 Å². The second kappa shape index (κ2) is 6.53. The van der Waals surface area contributed by atoms with E-state index >= 15 is 0 Å². The highest BCUT2D eigenvalue weighted by atomic mass is 79.9. The third-order valence-electron chi connectivity index (χ3n) is 3.81. The number of nitrogens with one attached hydrogen (secondary N) is 1. The molecule has 0 saturated heterocycles. The van der Waals surface area contributed by atoms with Gasteiger partial charge in [0, 0.05) is 21.4 Å². The van der Waals surface area contributed by atoms with Crippen molar-refractivity contribution >= 4 is 66.1 Å². The number of rotatable bonds is 3. The molecule has 4 aromatic rings. The second-order valence-corrected chi connectivity index (χ2v) is 7.28. The molecule has 2 aromatic carbocycles. The zero-order valence-corrected chi connectivity index (χ0v) is 16.3. The van der Waals surface area contributed by atoms with Crippen LogP contribution in [0.5, 0.6) is 0 Å². The van der Waals surface area contributed by atoms with Crippen LogP contribution in [0.2, 0.25) is 0 Å². The summed E-state index contributed by atoms with van der Waals surface area (Å²) in [6, 6.07) is 13.9. The van der Waals surface area contributed by atoms with E-state index in [1.54, 1.807) is 6.21 Å². The van der Waals surface area contributed by atoms with Crippen molar-refractivity contribution in [3.05, 3.63) is 57.0 Å². The predicted molar refractivity (Wildman–Crippen MR) is 107 cm³/mol. The minimum Gasteiger partial charge on any atom is -0.327 e. The van der Waals surface area contributed by atoms with Gasteiger partial charge in [-0.25, -0.2) is 5.43 Å². The topological polar surface area (TPSA) is 68.0 Å². The van der Waals surface area contributed by atoms with Crippen molar-refractivity contribution in [2.45, 2.75) is 0 Å². The van der Waals surface area contributed by atoms with Crippen molar-refractivity contribution in [3.8, 4) is 0 Å². The van der Waals surface area contributed by atoms with E-state index in [0.29, 0.717) is 5.95 Å². The molecule has 0 bridgehead atoms. The fourth-order valence-electron chi connectivity index (χ4n) is 2.59. The fraction of sp³-hybridized carbons (Fsp3) is 0.0588. The summed E-state index contributed by atoms with van der Waals surface area (Å²) in [6.45, 7) is 0. The molecule has 2 aromatic heterocycles. The van der Waals surface area contributed by atoms with Gasteiger partial charge in [0.2, 0.25) is 0 Å². The third-order valence-corrected chi connectivity index (χ3v) is 4.83. The standard InChI is InChI=1S/C17H12Br2N6/c1-25-14-7-6-12(19)8-13(14)15-16(25)21-17(24-22-15)23-20-9-10-2-4-11(18)5-3-10/h2-9H,1H3,(H,21,23,24)/b20-9-. The highest BCUT2D eigenvalue weighted by Crippen LogP contribution is 2.27. The van der Waals surface area contributed by atoms with Gasteiger partial charge in [-0.1, -0.05) is 44.0 Å². The average Bonchev–Trinajstić information content (AvgIpc) is 2.88. The molecule has 2 heterocycles. The molecule has 8 heteroatoms. The van der Waals surface area contributed by atoms with Crippen LogP contribution in [-0.4, -0.2) is 26.0 Å². The Morgan fingerprint density at radius 1 is 1.04 bits per heavy atom. The van der Waals surface area contributed by atoms with Crippen molar-refractivity contribution in [2.24, 2.45) is 12.1 Å². The van der Waals surface area contributed by atoms with Gasteiger partial charge in [0.15, 0.2) is 5.65 Å². The van der Waals surface area contributed by atoms with E-state index in [-0.39, 0.29) is 0 Å². The number of nitrogens with zero attached hydrogens (tertiary/aromatic N) is 5. The molecule has 124 valence electrons. The van der Waals surface area contributed by atoms with Gasteiger partial charge in [0.1, 0.15) is 5.52 Å². The summed E-state index contributed by atoms with van der Waals surface area (Å²) in [4.78, 5) is 4.53. The number of hydrogen-bond acceptors (Lipinski definition) is 5. The number of hydrazone groups is 1. The zero-order valence-electron chi connectivity index (χ0n) is 13.1. The van der Waals surface area contributed by atoms with E-state index in [2.05, 4.69) is 57.6 Å². The SMILES string of the molecule is Cn1c2ccc(Br)cc2c2nnc(N/N=C\c3ccc(Br)cc3)nc21. The minimum absolute atomic E-state index is 0.353. The number of aryl methyl sites for hydroxylation is 1. The van der Waals surface area contributed by atoms with Gasteiger partial charge in [-0.05, 0) is 35.9 Å². The van der Waals surface area contributed by atoms with Gasteiger partial charge >= 0.3 is 0 Å². The van der Waals surface area contributed by atoms with Gasteiger partial charge < -0.3 is 4.57 Å². The molecular weight excluding hydrogens is 448 g/mol. The van der Waals surface area contributed by atoms with Crippen molar-refractivity contribution in [2.75, 3.05) is 5.43 Å². The average molecular weight is 460 g/mol. The number of benzene rings is 2. The molecule has 0 saturated carbocycles. The molecule has 0 atom stereocenters. The van der Waals surface area contributed by atoms with Crippen molar-refractivity contribution in [3.63, 3.8) is 0 Å². The summed E-state index contributed by atoms with van der Waals surface area (Å²) in [6.07, 6.45) is 1.71. The summed E-state index contributed by atoms with van der Waals surface area (Å²) < 4.78 is 4.02. The summed E-state index contributed by atoms with van der Waals surface area (Å²) in [5, 5.41) is 13.6. The summed E-state index contributed by atoms with van der Waals surface area (Å²) in [7, 11) is 1.96. The molecule has 1 N–H and O–H groups in total. The first kappa shape index (κ1) is 16.2. The Morgan fingerprint density at radius 3 is 2.60 bits per heavy atom. The maximum Gasteiger partial charge on any atom is 0.265 e. The molecule has 6 nitrogen and oxygen atoms in total. The quantitative estimate of drug-likeness (QED) is 0.362. The first-order valence-electron chi connectivity index (χ1n) is 7.45. The molecule has 0 spiro atoms. The van der Waals surface area contributed by atoms with E-state index < -0.39 is 0 Å². The minimum atomic E-state index is 0.353.